The van der Waals surface area contributed by atoms with E-state index in [1.165, 1.54) is 116 Å². The summed E-state index contributed by atoms with van der Waals surface area (Å²) in [6.07, 6.45) is 31.7. The number of unbranched alkanes of at least 4 members (excludes halogenated alkanes) is 17. The zero-order chi connectivity index (χ0) is 53.1. The molecule has 13 heteroatoms. The minimum absolute atomic E-state index is 0.172. The molecule has 0 amide bonds. The third kappa shape index (κ3) is 53.3. The van der Waals surface area contributed by atoms with Crippen LogP contribution < -0.4 is 0 Å². The third-order valence-electron chi connectivity index (χ3n) is 13.2. The lowest BCUT2D eigenvalue weighted by Gasteiger charge is -2.25. The van der Waals surface area contributed by atoms with Gasteiger partial charge in [0, 0.05) is 37.7 Å². The number of carbonyl (C=O) groups excluding carboxylic acids is 4. The SMILES string of the molecule is CCCCCCCCSSCCOC(=O)CCN(CCCN(C)CCCN(CCC(=O)OCCCCCCCC(C)C)CCC(=O)OCCCCCCCC(C)C)CCC(=O)OCCCCCCCC(C)C. The Morgan fingerprint density at radius 3 is 1.01 bits per heavy atom. The molecule has 0 spiro atoms. The van der Waals surface area contributed by atoms with Crippen molar-refractivity contribution in [2.75, 3.05) is 97.3 Å². The first-order valence-electron chi connectivity index (χ1n) is 29.8. The summed E-state index contributed by atoms with van der Waals surface area (Å²) in [4.78, 5) is 57.8. The molecule has 0 fully saturated rings. The van der Waals surface area contributed by atoms with Crippen molar-refractivity contribution in [1.82, 2.24) is 14.7 Å². The van der Waals surface area contributed by atoms with Crippen LogP contribution in [0.2, 0.25) is 0 Å². The van der Waals surface area contributed by atoms with Crippen LogP contribution in [-0.2, 0) is 38.1 Å². The Balaban J connectivity index is 5.03. The van der Waals surface area contributed by atoms with Gasteiger partial charge in [0.15, 0.2) is 0 Å². The van der Waals surface area contributed by atoms with Crippen molar-refractivity contribution in [3.05, 3.63) is 0 Å². The van der Waals surface area contributed by atoms with E-state index < -0.39 is 0 Å². The first-order chi connectivity index (χ1) is 34.8. The second-order valence-corrected chi connectivity index (χ2v) is 24.5. The smallest absolute Gasteiger partial charge is 0.307 e. The maximum absolute atomic E-state index is 12.8. The second-order valence-electron chi connectivity index (χ2n) is 21.8. The summed E-state index contributed by atoms with van der Waals surface area (Å²) in [5.74, 6) is 3.48. The van der Waals surface area contributed by atoms with Crippen molar-refractivity contribution >= 4 is 45.5 Å². The normalized spacial score (nSPS) is 11.8. The van der Waals surface area contributed by atoms with Gasteiger partial charge < -0.3 is 33.6 Å². The van der Waals surface area contributed by atoms with Gasteiger partial charge >= 0.3 is 23.9 Å². The summed E-state index contributed by atoms with van der Waals surface area (Å²) in [6, 6.07) is 0. The van der Waals surface area contributed by atoms with E-state index in [1.807, 2.05) is 10.8 Å². The molecular formula is C59H115N3O8S2. The van der Waals surface area contributed by atoms with Crippen molar-refractivity contribution in [1.29, 1.82) is 0 Å². The zero-order valence-electron chi connectivity index (χ0n) is 48.3. The van der Waals surface area contributed by atoms with Crippen molar-refractivity contribution < 1.29 is 38.1 Å². The van der Waals surface area contributed by atoms with E-state index in [0.717, 1.165) is 107 Å². The van der Waals surface area contributed by atoms with E-state index in [1.54, 1.807) is 10.8 Å². The van der Waals surface area contributed by atoms with Crippen molar-refractivity contribution in [3.63, 3.8) is 0 Å². The van der Waals surface area contributed by atoms with E-state index in [4.69, 9.17) is 18.9 Å². The van der Waals surface area contributed by atoms with Gasteiger partial charge in [-0.15, -0.1) is 0 Å². The first-order valence-corrected chi connectivity index (χ1v) is 32.3. The van der Waals surface area contributed by atoms with E-state index >= 15 is 0 Å². The minimum atomic E-state index is -0.188. The highest BCUT2D eigenvalue weighted by molar-refractivity contribution is 8.76. The molecule has 0 saturated heterocycles. The predicted molar refractivity (Wildman–Crippen MR) is 308 cm³/mol. The molecular weight excluding hydrogens is 943 g/mol. The number of carbonyl (C=O) groups is 4. The molecule has 0 rings (SSSR count). The van der Waals surface area contributed by atoms with Crippen LogP contribution in [0.1, 0.15) is 241 Å². The summed E-state index contributed by atoms with van der Waals surface area (Å²) in [5.41, 5.74) is 0. The molecule has 0 heterocycles. The molecule has 0 aromatic rings. The average Bonchev–Trinajstić information content (AvgIpc) is 3.34. The summed E-state index contributed by atoms with van der Waals surface area (Å²) in [6.45, 7) is 23.2. The maximum atomic E-state index is 12.8. The Kier molecular flexibility index (Phi) is 51.8. The lowest BCUT2D eigenvalue weighted by molar-refractivity contribution is -0.146. The lowest BCUT2D eigenvalue weighted by atomic mass is 10.0. The Labute approximate surface area is 452 Å². The fourth-order valence-electron chi connectivity index (χ4n) is 8.56. The highest BCUT2D eigenvalue weighted by Crippen LogP contribution is 2.23. The van der Waals surface area contributed by atoms with Crippen LogP contribution in [0.15, 0.2) is 0 Å². The van der Waals surface area contributed by atoms with Crippen molar-refractivity contribution in [2.24, 2.45) is 17.8 Å². The molecule has 0 aromatic heterocycles. The fraction of sp³-hybridized carbons (Fsp3) is 0.932. The van der Waals surface area contributed by atoms with Crippen LogP contribution in [0.3, 0.4) is 0 Å². The van der Waals surface area contributed by atoms with Gasteiger partial charge in [0.25, 0.3) is 0 Å². The van der Waals surface area contributed by atoms with Crippen molar-refractivity contribution in [3.8, 4) is 0 Å². The van der Waals surface area contributed by atoms with Crippen LogP contribution in [0.4, 0.5) is 0 Å². The molecule has 0 atom stereocenters. The molecule has 0 saturated carbocycles. The van der Waals surface area contributed by atoms with Crippen LogP contribution in [0.25, 0.3) is 0 Å². The Hall–Kier alpha value is -1.54. The summed E-state index contributed by atoms with van der Waals surface area (Å²) < 4.78 is 22.4. The molecule has 72 heavy (non-hydrogen) atoms. The van der Waals surface area contributed by atoms with Gasteiger partial charge in [0.1, 0.15) is 6.61 Å². The van der Waals surface area contributed by atoms with E-state index in [2.05, 4.69) is 70.2 Å². The topological polar surface area (TPSA) is 115 Å². The van der Waals surface area contributed by atoms with Gasteiger partial charge in [0.05, 0.1) is 45.5 Å². The summed E-state index contributed by atoms with van der Waals surface area (Å²) in [7, 11) is 5.79. The molecule has 0 aliphatic heterocycles. The molecule has 0 aliphatic rings. The first kappa shape index (κ1) is 70.5. The van der Waals surface area contributed by atoms with Crippen molar-refractivity contribution in [2.45, 2.75) is 241 Å². The molecule has 0 N–H and O–H groups in total. The minimum Gasteiger partial charge on any atom is -0.466 e. The largest absolute Gasteiger partial charge is 0.466 e. The molecule has 0 unspecified atom stereocenters. The number of esters is 4. The van der Waals surface area contributed by atoms with Crippen LogP contribution >= 0.6 is 21.6 Å². The average molecular weight is 1060 g/mol. The standard InChI is InChI=1S/C59H115N3O8S2/c1-9-10-11-12-22-29-51-71-72-52-50-70-59(66)38-46-62(45-37-58(65)69-49-28-21-15-18-25-34-55(6)7)42-31-40-60(8)39-30-41-61(43-35-56(63)67-47-26-19-13-16-23-32-53(2)3)44-36-57(64)68-48-27-20-14-17-24-33-54(4)5/h53-55H,9-52H2,1-8H3. The lowest BCUT2D eigenvalue weighted by Crippen LogP contribution is -2.34. The number of ether oxygens (including phenoxy) is 4. The van der Waals surface area contributed by atoms with E-state index in [-0.39, 0.29) is 23.9 Å². The number of rotatable bonds is 55. The molecule has 0 radical (unpaired) electrons. The number of nitrogens with zero attached hydrogens (tertiary/aromatic N) is 3. The second kappa shape index (κ2) is 52.9. The molecule has 426 valence electrons. The monoisotopic (exact) mass is 1060 g/mol. The fourth-order valence-corrected chi connectivity index (χ4v) is 10.5. The Bertz CT molecular complexity index is 1200. The quantitative estimate of drug-likeness (QED) is 0.0249. The summed E-state index contributed by atoms with van der Waals surface area (Å²) >= 11 is 0. The van der Waals surface area contributed by atoms with Crippen LogP contribution in [-0.4, -0.2) is 136 Å². The van der Waals surface area contributed by atoms with E-state index in [9.17, 15) is 19.2 Å². The van der Waals surface area contributed by atoms with Gasteiger partial charge in [-0.3, -0.25) is 19.2 Å². The van der Waals surface area contributed by atoms with Gasteiger partial charge in [-0.2, -0.15) is 0 Å². The molecule has 11 nitrogen and oxygen atoms in total. The Morgan fingerprint density at radius 1 is 0.347 bits per heavy atom. The van der Waals surface area contributed by atoms with Crippen LogP contribution in [0.5, 0.6) is 0 Å². The molecule has 0 aromatic carbocycles. The van der Waals surface area contributed by atoms with E-state index in [0.29, 0.717) is 78.3 Å². The highest BCUT2D eigenvalue weighted by Gasteiger charge is 2.16. The van der Waals surface area contributed by atoms with Crippen LogP contribution in [0, 0.1) is 17.8 Å². The zero-order valence-corrected chi connectivity index (χ0v) is 49.9. The number of hydrogen-bond donors (Lipinski definition) is 0. The number of hydrogen-bond acceptors (Lipinski definition) is 13. The van der Waals surface area contributed by atoms with Gasteiger partial charge in [-0.1, -0.05) is 198 Å². The van der Waals surface area contributed by atoms with Gasteiger partial charge in [-0.05, 0) is 89.5 Å². The molecule has 0 aliphatic carbocycles. The third-order valence-corrected chi connectivity index (χ3v) is 15.7. The summed E-state index contributed by atoms with van der Waals surface area (Å²) in [5, 5.41) is 0. The van der Waals surface area contributed by atoms with Gasteiger partial charge in [-0.25, -0.2) is 0 Å². The molecule has 0 bridgehead atoms. The Morgan fingerprint density at radius 2 is 0.653 bits per heavy atom. The maximum Gasteiger partial charge on any atom is 0.307 e. The highest BCUT2D eigenvalue weighted by atomic mass is 33.1. The predicted octanol–water partition coefficient (Wildman–Crippen LogP) is 14.8. The van der Waals surface area contributed by atoms with Gasteiger partial charge in [0.2, 0.25) is 0 Å².